The number of hydrogen-bond donors (Lipinski definition) is 3. The van der Waals surface area contributed by atoms with Crippen LogP contribution in [0.1, 0.15) is 13.3 Å². The molecule has 0 saturated carbocycles. The minimum Gasteiger partial charge on any atom is -0.409 e. The Morgan fingerprint density at radius 3 is 2.76 bits per heavy atom. The molecule has 0 saturated heterocycles. The van der Waals surface area contributed by atoms with Gasteiger partial charge in [0.2, 0.25) is 5.91 Å². The Labute approximate surface area is 118 Å². The van der Waals surface area contributed by atoms with Gasteiger partial charge in [-0.2, -0.15) is 0 Å². The molecule has 0 aromatic heterocycles. The van der Waals surface area contributed by atoms with Crippen LogP contribution in [-0.4, -0.2) is 23.2 Å². The second-order valence-corrected chi connectivity index (χ2v) is 4.30. The summed E-state index contributed by atoms with van der Waals surface area (Å²) in [4.78, 5) is 12.0. The molecule has 0 spiro atoms. The number of amidine groups is 1. The molecule has 1 heterocycles. The zero-order valence-electron chi connectivity index (χ0n) is 11.0. The average Bonchev–Trinajstić information content (AvgIpc) is 2.72. The molecule has 0 bridgehead atoms. The van der Waals surface area contributed by atoms with Crippen molar-refractivity contribution >= 4 is 17.4 Å². The molecular weight excluding hydrogens is 288 g/mol. The van der Waals surface area contributed by atoms with E-state index in [1.165, 1.54) is 18.2 Å². The molecule has 0 fully saturated rings. The van der Waals surface area contributed by atoms with Gasteiger partial charge in [-0.3, -0.25) is 4.79 Å². The summed E-state index contributed by atoms with van der Waals surface area (Å²) in [6.07, 6.45) is -3.41. The second kappa shape index (κ2) is 5.43. The van der Waals surface area contributed by atoms with E-state index < -0.39 is 18.1 Å². The first-order chi connectivity index (χ1) is 9.86. The number of amides is 1. The number of ether oxygens (including phenoxy) is 2. The molecule has 1 aliphatic rings. The van der Waals surface area contributed by atoms with Crippen molar-refractivity contribution in [3.8, 4) is 11.5 Å². The summed E-state index contributed by atoms with van der Waals surface area (Å²) in [5.74, 6) is -1.90. The summed E-state index contributed by atoms with van der Waals surface area (Å²) in [5, 5.41) is 13.9. The molecular formula is C12H13F2N3O4. The number of rotatable bonds is 4. The van der Waals surface area contributed by atoms with E-state index >= 15 is 0 Å². The SMILES string of the molecule is CCC(C(=O)Nc1ccc2c(c1)OC(F)(F)O2)C(N)=NO. The summed E-state index contributed by atoms with van der Waals surface area (Å²) in [6, 6.07) is 3.82. The zero-order valence-corrected chi connectivity index (χ0v) is 11.0. The van der Waals surface area contributed by atoms with Crippen LogP contribution in [0.2, 0.25) is 0 Å². The number of carbonyl (C=O) groups is 1. The normalized spacial score (nSPS) is 17.4. The summed E-state index contributed by atoms with van der Waals surface area (Å²) in [7, 11) is 0. The lowest BCUT2D eigenvalue weighted by Crippen LogP contribution is -2.34. The molecule has 9 heteroatoms. The van der Waals surface area contributed by atoms with Crippen LogP contribution in [0.25, 0.3) is 0 Å². The quantitative estimate of drug-likeness (QED) is 0.340. The van der Waals surface area contributed by atoms with Gasteiger partial charge < -0.3 is 25.7 Å². The first-order valence-electron chi connectivity index (χ1n) is 6.04. The van der Waals surface area contributed by atoms with Crippen LogP contribution in [-0.2, 0) is 4.79 Å². The molecule has 1 aliphatic heterocycles. The van der Waals surface area contributed by atoms with E-state index in [4.69, 9.17) is 10.9 Å². The number of hydrogen-bond acceptors (Lipinski definition) is 5. The third-order valence-corrected chi connectivity index (χ3v) is 2.87. The van der Waals surface area contributed by atoms with Crippen molar-refractivity contribution in [3.63, 3.8) is 0 Å². The lowest BCUT2D eigenvalue weighted by atomic mass is 10.0. The highest BCUT2D eigenvalue weighted by atomic mass is 19.3. The van der Waals surface area contributed by atoms with Gasteiger partial charge in [0.1, 0.15) is 0 Å². The zero-order chi connectivity index (χ0) is 15.6. The van der Waals surface area contributed by atoms with Crippen molar-refractivity contribution in [1.29, 1.82) is 0 Å². The van der Waals surface area contributed by atoms with Gasteiger partial charge >= 0.3 is 6.29 Å². The van der Waals surface area contributed by atoms with Gasteiger partial charge in [0.05, 0.1) is 5.92 Å². The fraction of sp³-hybridized carbons (Fsp3) is 0.333. The Bertz CT molecular complexity index is 592. The van der Waals surface area contributed by atoms with Crippen molar-refractivity contribution in [2.24, 2.45) is 16.8 Å². The molecule has 1 amide bonds. The number of alkyl halides is 2. The fourth-order valence-electron chi connectivity index (χ4n) is 1.85. The van der Waals surface area contributed by atoms with Gasteiger partial charge in [0, 0.05) is 11.8 Å². The van der Waals surface area contributed by atoms with Crippen LogP contribution < -0.4 is 20.5 Å². The van der Waals surface area contributed by atoms with E-state index in [0.717, 1.165) is 0 Å². The number of nitrogens with one attached hydrogen (secondary N) is 1. The Kier molecular flexibility index (Phi) is 3.83. The van der Waals surface area contributed by atoms with Crippen molar-refractivity contribution in [1.82, 2.24) is 0 Å². The fourth-order valence-corrected chi connectivity index (χ4v) is 1.85. The summed E-state index contributed by atoms with van der Waals surface area (Å²) in [5.41, 5.74) is 5.63. The van der Waals surface area contributed by atoms with Crippen LogP contribution in [0, 0.1) is 5.92 Å². The van der Waals surface area contributed by atoms with Gasteiger partial charge in [-0.1, -0.05) is 12.1 Å². The number of carbonyl (C=O) groups excluding carboxylic acids is 1. The highest BCUT2D eigenvalue weighted by Crippen LogP contribution is 2.42. The number of benzene rings is 1. The van der Waals surface area contributed by atoms with Crippen molar-refractivity contribution < 1.29 is 28.3 Å². The average molecular weight is 301 g/mol. The van der Waals surface area contributed by atoms with Crippen molar-refractivity contribution in [2.45, 2.75) is 19.6 Å². The number of oxime groups is 1. The molecule has 1 atom stereocenters. The summed E-state index contributed by atoms with van der Waals surface area (Å²) < 4.78 is 34.3. The molecule has 1 unspecified atom stereocenters. The molecule has 2 rings (SSSR count). The van der Waals surface area contributed by atoms with E-state index in [-0.39, 0.29) is 23.0 Å². The Morgan fingerprint density at radius 2 is 2.14 bits per heavy atom. The van der Waals surface area contributed by atoms with E-state index in [9.17, 15) is 13.6 Å². The smallest absolute Gasteiger partial charge is 0.409 e. The topological polar surface area (TPSA) is 106 Å². The van der Waals surface area contributed by atoms with Crippen molar-refractivity contribution in [3.05, 3.63) is 18.2 Å². The lowest BCUT2D eigenvalue weighted by Gasteiger charge is -2.13. The molecule has 21 heavy (non-hydrogen) atoms. The highest BCUT2D eigenvalue weighted by molar-refractivity contribution is 6.07. The van der Waals surface area contributed by atoms with Gasteiger partial charge in [-0.25, -0.2) is 0 Å². The summed E-state index contributed by atoms with van der Waals surface area (Å²) >= 11 is 0. The predicted octanol–water partition coefficient (Wildman–Crippen LogP) is 1.72. The van der Waals surface area contributed by atoms with E-state index in [0.29, 0.717) is 6.42 Å². The summed E-state index contributed by atoms with van der Waals surface area (Å²) in [6.45, 7) is 1.68. The third-order valence-electron chi connectivity index (χ3n) is 2.87. The van der Waals surface area contributed by atoms with Gasteiger partial charge in [-0.05, 0) is 18.6 Å². The minimum atomic E-state index is -3.72. The molecule has 0 radical (unpaired) electrons. The molecule has 1 aromatic rings. The van der Waals surface area contributed by atoms with E-state index in [1.807, 2.05) is 0 Å². The Morgan fingerprint density at radius 1 is 1.48 bits per heavy atom. The Balaban J connectivity index is 2.13. The number of anilines is 1. The Hall–Kier alpha value is -2.58. The van der Waals surface area contributed by atoms with Crippen LogP contribution >= 0.6 is 0 Å². The lowest BCUT2D eigenvalue weighted by molar-refractivity contribution is -0.286. The first-order valence-corrected chi connectivity index (χ1v) is 6.04. The van der Waals surface area contributed by atoms with Crippen LogP contribution in [0.4, 0.5) is 14.5 Å². The molecule has 7 nitrogen and oxygen atoms in total. The minimum absolute atomic E-state index is 0.124. The van der Waals surface area contributed by atoms with Crippen molar-refractivity contribution in [2.75, 3.05) is 5.32 Å². The maximum atomic E-state index is 12.9. The number of halogens is 2. The standard InChI is InChI=1S/C12H13F2N3O4/c1-2-7(10(15)17-19)11(18)16-6-3-4-8-9(5-6)21-12(13,14)20-8/h3-5,7,19H,2H2,1H3,(H2,15,17)(H,16,18). The van der Waals surface area contributed by atoms with Gasteiger partial charge in [0.25, 0.3) is 0 Å². The molecule has 1 aromatic carbocycles. The van der Waals surface area contributed by atoms with Crippen LogP contribution in [0.3, 0.4) is 0 Å². The monoisotopic (exact) mass is 301 g/mol. The van der Waals surface area contributed by atoms with Gasteiger partial charge in [0.15, 0.2) is 17.3 Å². The number of nitrogens with two attached hydrogens (primary N) is 1. The maximum Gasteiger partial charge on any atom is 0.586 e. The number of fused-ring (bicyclic) bond motifs is 1. The predicted molar refractivity (Wildman–Crippen MR) is 68.5 cm³/mol. The maximum absolute atomic E-state index is 12.9. The highest BCUT2D eigenvalue weighted by Gasteiger charge is 2.43. The largest absolute Gasteiger partial charge is 0.586 e. The molecule has 0 aliphatic carbocycles. The van der Waals surface area contributed by atoms with Crippen LogP contribution in [0.15, 0.2) is 23.4 Å². The molecule has 4 N–H and O–H groups in total. The van der Waals surface area contributed by atoms with E-state index in [1.54, 1.807) is 6.92 Å². The van der Waals surface area contributed by atoms with E-state index in [2.05, 4.69) is 19.9 Å². The van der Waals surface area contributed by atoms with Crippen LogP contribution in [0.5, 0.6) is 11.5 Å². The van der Waals surface area contributed by atoms with Gasteiger partial charge in [-0.15, -0.1) is 8.78 Å². The second-order valence-electron chi connectivity index (χ2n) is 4.30. The molecule has 114 valence electrons. The third kappa shape index (κ3) is 3.12. The number of nitrogens with zero attached hydrogens (tertiary/aromatic N) is 1. The first kappa shape index (κ1) is 14.8.